The highest BCUT2D eigenvalue weighted by Gasteiger charge is 2.10. The summed E-state index contributed by atoms with van der Waals surface area (Å²) in [5.41, 5.74) is 7.86. The lowest BCUT2D eigenvalue weighted by molar-refractivity contribution is -0.384. The summed E-state index contributed by atoms with van der Waals surface area (Å²) in [5, 5.41) is 10.8. The van der Waals surface area contributed by atoms with Crippen molar-refractivity contribution >= 4 is 5.69 Å². The third-order valence-electron chi connectivity index (χ3n) is 3.36. The second-order valence-corrected chi connectivity index (χ2v) is 4.89. The topological polar surface area (TPSA) is 78.4 Å². The van der Waals surface area contributed by atoms with E-state index < -0.39 is 4.92 Å². The molecular formula is C16H18N2O3. The zero-order chi connectivity index (χ0) is 15.4. The summed E-state index contributed by atoms with van der Waals surface area (Å²) in [6, 6.07) is 12.1. The molecule has 0 aliphatic rings. The van der Waals surface area contributed by atoms with Gasteiger partial charge in [-0.05, 0) is 42.7 Å². The number of rotatable bonds is 5. The van der Waals surface area contributed by atoms with Gasteiger partial charge in [0.25, 0.3) is 5.69 Å². The Morgan fingerprint density at radius 2 is 1.90 bits per heavy atom. The summed E-state index contributed by atoms with van der Waals surface area (Å²) < 4.78 is 5.72. The van der Waals surface area contributed by atoms with E-state index in [1.807, 2.05) is 38.1 Å². The van der Waals surface area contributed by atoms with Crippen molar-refractivity contribution in [3.63, 3.8) is 0 Å². The van der Waals surface area contributed by atoms with E-state index in [9.17, 15) is 10.1 Å². The summed E-state index contributed by atoms with van der Waals surface area (Å²) in [6.07, 6.45) is 0.865. The van der Waals surface area contributed by atoms with Crippen LogP contribution in [0.25, 0.3) is 0 Å². The van der Waals surface area contributed by atoms with Crippen LogP contribution in [0.3, 0.4) is 0 Å². The molecule has 0 amide bonds. The number of non-ortho nitro benzene ring substituents is 1. The maximum absolute atomic E-state index is 10.8. The van der Waals surface area contributed by atoms with E-state index in [2.05, 4.69) is 0 Å². The molecule has 0 saturated heterocycles. The van der Waals surface area contributed by atoms with E-state index in [-0.39, 0.29) is 11.7 Å². The Balaban J connectivity index is 2.22. The van der Waals surface area contributed by atoms with Crippen molar-refractivity contribution in [3.8, 4) is 11.5 Å². The molecule has 0 aliphatic carbocycles. The molecule has 0 spiro atoms. The molecule has 5 nitrogen and oxygen atoms in total. The molecule has 0 unspecified atom stereocenters. The minimum atomic E-state index is -0.435. The first kappa shape index (κ1) is 15.0. The fourth-order valence-corrected chi connectivity index (χ4v) is 1.96. The lowest BCUT2D eigenvalue weighted by Gasteiger charge is -2.11. The molecule has 2 rings (SSSR count). The number of benzene rings is 2. The molecule has 0 bridgehead atoms. The number of ether oxygens (including phenoxy) is 1. The normalized spacial score (nSPS) is 12.0. The van der Waals surface area contributed by atoms with Crippen LogP contribution in [0.15, 0.2) is 42.5 Å². The lowest BCUT2D eigenvalue weighted by atomic mass is 10.1. The Morgan fingerprint density at radius 3 is 2.48 bits per heavy atom. The van der Waals surface area contributed by atoms with Crippen LogP contribution >= 0.6 is 0 Å². The van der Waals surface area contributed by atoms with Gasteiger partial charge in [-0.15, -0.1) is 0 Å². The second-order valence-electron chi connectivity index (χ2n) is 4.89. The van der Waals surface area contributed by atoms with E-state index in [1.165, 1.54) is 12.1 Å². The minimum Gasteiger partial charge on any atom is -0.457 e. The molecule has 5 heteroatoms. The van der Waals surface area contributed by atoms with Gasteiger partial charge in [0, 0.05) is 12.1 Å². The summed E-state index contributed by atoms with van der Waals surface area (Å²) in [5.74, 6) is 1.11. The molecule has 0 fully saturated rings. The first-order valence-corrected chi connectivity index (χ1v) is 6.79. The molecular weight excluding hydrogens is 268 g/mol. The molecule has 2 aromatic carbocycles. The monoisotopic (exact) mass is 286 g/mol. The number of aryl methyl sites for hydroxylation is 1. The van der Waals surface area contributed by atoms with Gasteiger partial charge >= 0.3 is 0 Å². The molecule has 0 heterocycles. The highest BCUT2D eigenvalue weighted by molar-refractivity contribution is 5.46. The Hall–Kier alpha value is -2.40. The third kappa shape index (κ3) is 3.58. The average molecular weight is 286 g/mol. The molecule has 1 atom stereocenters. The van der Waals surface area contributed by atoms with Gasteiger partial charge in [0.05, 0.1) is 11.0 Å². The zero-order valence-electron chi connectivity index (χ0n) is 12.1. The number of nitro groups is 1. The average Bonchev–Trinajstić information content (AvgIpc) is 2.49. The maximum Gasteiger partial charge on any atom is 0.273 e. The van der Waals surface area contributed by atoms with Crippen molar-refractivity contribution in [2.45, 2.75) is 26.3 Å². The largest absolute Gasteiger partial charge is 0.457 e. The summed E-state index contributed by atoms with van der Waals surface area (Å²) in [7, 11) is 0. The molecule has 0 saturated carbocycles. The van der Waals surface area contributed by atoms with Crippen LogP contribution in [-0.4, -0.2) is 4.92 Å². The van der Waals surface area contributed by atoms with Crippen LogP contribution in [0.1, 0.15) is 30.5 Å². The quantitative estimate of drug-likeness (QED) is 0.662. The molecule has 21 heavy (non-hydrogen) atoms. The van der Waals surface area contributed by atoms with Gasteiger partial charge in [-0.2, -0.15) is 0 Å². The van der Waals surface area contributed by atoms with Gasteiger partial charge in [0.2, 0.25) is 0 Å². The van der Waals surface area contributed by atoms with Gasteiger partial charge in [0.15, 0.2) is 0 Å². The summed E-state index contributed by atoms with van der Waals surface area (Å²) >= 11 is 0. The van der Waals surface area contributed by atoms with Crippen molar-refractivity contribution in [1.29, 1.82) is 0 Å². The SMILES string of the molecule is CC[C@H](N)c1ccc(Oc2cc([N+](=O)[O-])ccc2C)cc1. The molecule has 0 radical (unpaired) electrons. The second kappa shape index (κ2) is 6.37. The van der Waals surface area contributed by atoms with Crippen LogP contribution in [-0.2, 0) is 0 Å². The van der Waals surface area contributed by atoms with Gasteiger partial charge in [-0.1, -0.05) is 19.1 Å². The van der Waals surface area contributed by atoms with Crippen molar-refractivity contribution < 1.29 is 9.66 Å². The fraction of sp³-hybridized carbons (Fsp3) is 0.250. The third-order valence-corrected chi connectivity index (χ3v) is 3.36. The van der Waals surface area contributed by atoms with Crippen LogP contribution in [0.5, 0.6) is 11.5 Å². The summed E-state index contributed by atoms with van der Waals surface area (Å²) in [6.45, 7) is 3.88. The Bertz CT molecular complexity index is 638. The Labute approximate surface area is 123 Å². The van der Waals surface area contributed by atoms with E-state index in [0.717, 1.165) is 17.5 Å². The molecule has 110 valence electrons. The van der Waals surface area contributed by atoms with E-state index in [0.29, 0.717) is 11.5 Å². The summed E-state index contributed by atoms with van der Waals surface area (Å²) in [4.78, 5) is 10.4. The molecule has 0 aliphatic heterocycles. The maximum atomic E-state index is 10.8. The van der Waals surface area contributed by atoms with Crippen LogP contribution in [0, 0.1) is 17.0 Å². The number of nitrogens with zero attached hydrogens (tertiary/aromatic N) is 1. The first-order chi connectivity index (χ1) is 10.0. The van der Waals surface area contributed by atoms with Gasteiger partial charge in [-0.25, -0.2) is 0 Å². The van der Waals surface area contributed by atoms with Crippen LogP contribution < -0.4 is 10.5 Å². The smallest absolute Gasteiger partial charge is 0.273 e. The minimum absolute atomic E-state index is 0.0126. The van der Waals surface area contributed by atoms with E-state index in [1.54, 1.807) is 6.07 Å². The first-order valence-electron chi connectivity index (χ1n) is 6.79. The van der Waals surface area contributed by atoms with Crippen LogP contribution in [0.2, 0.25) is 0 Å². The number of nitrogens with two attached hydrogens (primary N) is 1. The van der Waals surface area contributed by atoms with E-state index >= 15 is 0 Å². The number of hydrogen-bond donors (Lipinski definition) is 1. The Kier molecular flexibility index (Phi) is 4.55. The van der Waals surface area contributed by atoms with Crippen molar-refractivity contribution in [1.82, 2.24) is 0 Å². The highest BCUT2D eigenvalue weighted by atomic mass is 16.6. The predicted molar refractivity (Wildman–Crippen MR) is 81.6 cm³/mol. The van der Waals surface area contributed by atoms with Gasteiger partial charge < -0.3 is 10.5 Å². The van der Waals surface area contributed by atoms with Gasteiger partial charge in [0.1, 0.15) is 11.5 Å². The van der Waals surface area contributed by atoms with Crippen LogP contribution in [0.4, 0.5) is 5.69 Å². The molecule has 0 aromatic heterocycles. The predicted octanol–water partition coefficient (Wildman–Crippen LogP) is 4.11. The Morgan fingerprint density at radius 1 is 1.24 bits per heavy atom. The highest BCUT2D eigenvalue weighted by Crippen LogP contribution is 2.29. The van der Waals surface area contributed by atoms with Crippen molar-refractivity contribution in [2.24, 2.45) is 5.73 Å². The lowest BCUT2D eigenvalue weighted by Crippen LogP contribution is -2.08. The van der Waals surface area contributed by atoms with Crippen molar-refractivity contribution in [2.75, 3.05) is 0 Å². The van der Waals surface area contributed by atoms with Gasteiger partial charge in [-0.3, -0.25) is 10.1 Å². The molecule has 2 N–H and O–H groups in total. The standard InChI is InChI=1S/C16H18N2O3/c1-3-15(17)12-5-8-14(9-6-12)21-16-10-13(18(19)20)7-4-11(16)2/h4-10,15H,3,17H2,1-2H3/t15-/m0/s1. The molecule has 2 aromatic rings. The number of nitro benzene ring substituents is 1. The number of hydrogen-bond acceptors (Lipinski definition) is 4. The zero-order valence-corrected chi connectivity index (χ0v) is 12.1. The fourth-order valence-electron chi connectivity index (χ4n) is 1.96. The van der Waals surface area contributed by atoms with E-state index in [4.69, 9.17) is 10.5 Å². The van der Waals surface area contributed by atoms with Crippen molar-refractivity contribution in [3.05, 3.63) is 63.7 Å².